The molecule has 0 fully saturated rings. The van der Waals surface area contributed by atoms with Gasteiger partial charge in [0.2, 0.25) is 0 Å². The second kappa shape index (κ2) is 4.01. The van der Waals surface area contributed by atoms with Gasteiger partial charge in [-0.15, -0.1) is 11.6 Å². The van der Waals surface area contributed by atoms with Crippen molar-refractivity contribution in [2.75, 3.05) is 0 Å². The van der Waals surface area contributed by atoms with E-state index >= 15 is 0 Å². The highest BCUT2D eigenvalue weighted by atomic mass is 35.5. The molecule has 3 heteroatoms. The molecule has 0 aliphatic heterocycles. The minimum Gasteiger partial charge on any atom is -0.507 e. The van der Waals surface area contributed by atoms with Crippen LogP contribution in [0, 0.1) is 13.8 Å². The molecular formula is C11H13ClO2. The molecule has 1 aromatic rings. The summed E-state index contributed by atoms with van der Waals surface area (Å²) >= 11 is 5.68. The lowest BCUT2D eigenvalue weighted by atomic mass is 10.0. The van der Waals surface area contributed by atoms with Gasteiger partial charge in [-0.3, -0.25) is 4.79 Å². The van der Waals surface area contributed by atoms with Gasteiger partial charge in [-0.25, -0.2) is 0 Å². The molecule has 0 spiro atoms. The molecule has 0 radical (unpaired) electrons. The molecule has 1 aromatic carbocycles. The highest BCUT2D eigenvalue weighted by Crippen LogP contribution is 2.25. The zero-order valence-electron chi connectivity index (χ0n) is 8.47. The van der Waals surface area contributed by atoms with Crippen molar-refractivity contribution in [3.63, 3.8) is 0 Å². The molecule has 0 amide bonds. The minimum atomic E-state index is -0.609. The fourth-order valence-corrected chi connectivity index (χ4v) is 1.48. The maximum Gasteiger partial charge on any atom is 0.184 e. The molecule has 0 saturated heterocycles. The number of carbonyl (C=O) groups is 1. The van der Waals surface area contributed by atoms with Gasteiger partial charge in [-0.05, 0) is 38.0 Å². The lowest BCUT2D eigenvalue weighted by Crippen LogP contribution is -2.11. The van der Waals surface area contributed by atoms with Gasteiger partial charge in [0.05, 0.1) is 10.9 Å². The predicted molar refractivity (Wildman–Crippen MR) is 57.2 cm³/mol. The number of hydrogen-bond acceptors (Lipinski definition) is 2. The fraction of sp³-hybridized carbons (Fsp3) is 0.364. The van der Waals surface area contributed by atoms with Gasteiger partial charge >= 0.3 is 0 Å². The third-order valence-electron chi connectivity index (χ3n) is 2.07. The number of carbonyl (C=O) groups excluding carboxylic acids is 1. The first-order valence-corrected chi connectivity index (χ1v) is 4.85. The van der Waals surface area contributed by atoms with Crippen LogP contribution in [0.2, 0.25) is 0 Å². The van der Waals surface area contributed by atoms with Gasteiger partial charge < -0.3 is 5.11 Å². The zero-order chi connectivity index (χ0) is 10.9. The number of halogens is 1. The van der Waals surface area contributed by atoms with Crippen LogP contribution in [0.5, 0.6) is 5.75 Å². The summed E-state index contributed by atoms with van der Waals surface area (Å²) < 4.78 is 0. The molecule has 0 saturated carbocycles. The maximum atomic E-state index is 11.6. The molecule has 0 heterocycles. The number of alkyl halides is 1. The Morgan fingerprint density at radius 2 is 2.00 bits per heavy atom. The van der Waals surface area contributed by atoms with Crippen LogP contribution in [0.3, 0.4) is 0 Å². The lowest BCUT2D eigenvalue weighted by Gasteiger charge is -2.08. The van der Waals surface area contributed by atoms with Crippen molar-refractivity contribution >= 4 is 17.4 Å². The number of phenols is 1. The third-order valence-corrected chi connectivity index (χ3v) is 2.27. The predicted octanol–water partition coefficient (Wildman–Crippen LogP) is 2.82. The van der Waals surface area contributed by atoms with Gasteiger partial charge in [-0.1, -0.05) is 6.07 Å². The Morgan fingerprint density at radius 3 is 2.50 bits per heavy atom. The number of rotatable bonds is 2. The second-order valence-electron chi connectivity index (χ2n) is 3.46. The SMILES string of the molecule is Cc1cc(C)c(O)c(C(=O)C(C)Cl)c1. The van der Waals surface area contributed by atoms with Crippen LogP contribution < -0.4 is 0 Å². The Labute approximate surface area is 88.5 Å². The number of benzene rings is 1. The molecule has 1 rings (SSSR count). The first-order valence-electron chi connectivity index (χ1n) is 4.42. The molecule has 2 nitrogen and oxygen atoms in total. The van der Waals surface area contributed by atoms with Crippen molar-refractivity contribution in [2.45, 2.75) is 26.1 Å². The Bertz CT molecular complexity index is 370. The van der Waals surface area contributed by atoms with E-state index in [1.165, 1.54) is 0 Å². The summed E-state index contributed by atoms with van der Waals surface area (Å²) in [6.45, 7) is 5.24. The Balaban J connectivity index is 3.27. The van der Waals surface area contributed by atoms with Crippen LogP contribution >= 0.6 is 11.6 Å². The number of hydrogen-bond donors (Lipinski definition) is 1. The van der Waals surface area contributed by atoms with E-state index in [0.717, 1.165) is 5.56 Å². The summed E-state index contributed by atoms with van der Waals surface area (Å²) in [5.74, 6) is -0.205. The number of phenolic OH excluding ortho intramolecular Hbond substituents is 1. The summed E-state index contributed by atoms with van der Waals surface area (Å²) in [6.07, 6.45) is 0. The van der Waals surface area contributed by atoms with E-state index in [1.807, 2.05) is 13.0 Å². The zero-order valence-corrected chi connectivity index (χ0v) is 9.22. The molecule has 76 valence electrons. The molecule has 1 atom stereocenters. The quantitative estimate of drug-likeness (QED) is 0.605. The second-order valence-corrected chi connectivity index (χ2v) is 4.11. The summed E-state index contributed by atoms with van der Waals surface area (Å²) in [5, 5.41) is 9.05. The summed E-state index contributed by atoms with van der Waals surface area (Å²) in [4.78, 5) is 11.6. The first kappa shape index (κ1) is 11.1. The van der Waals surface area contributed by atoms with E-state index in [2.05, 4.69) is 0 Å². The largest absolute Gasteiger partial charge is 0.507 e. The Hall–Kier alpha value is -1.02. The number of aromatic hydroxyl groups is 1. The average molecular weight is 213 g/mol. The van der Waals surface area contributed by atoms with Gasteiger partial charge in [-0.2, -0.15) is 0 Å². The Morgan fingerprint density at radius 1 is 1.43 bits per heavy atom. The third kappa shape index (κ3) is 2.07. The highest BCUT2D eigenvalue weighted by molar-refractivity contribution is 6.34. The molecular weight excluding hydrogens is 200 g/mol. The monoisotopic (exact) mass is 212 g/mol. The van der Waals surface area contributed by atoms with Crippen LogP contribution in [-0.2, 0) is 0 Å². The average Bonchev–Trinajstić information content (AvgIpc) is 2.09. The highest BCUT2D eigenvalue weighted by Gasteiger charge is 2.17. The van der Waals surface area contributed by atoms with E-state index in [4.69, 9.17) is 11.6 Å². The Kier molecular flexibility index (Phi) is 3.17. The van der Waals surface area contributed by atoms with Gasteiger partial charge in [0.25, 0.3) is 0 Å². The molecule has 14 heavy (non-hydrogen) atoms. The normalized spacial score (nSPS) is 12.6. The molecule has 1 N–H and O–H groups in total. The van der Waals surface area contributed by atoms with Crippen molar-refractivity contribution in [2.24, 2.45) is 0 Å². The maximum absolute atomic E-state index is 11.6. The number of aryl methyl sites for hydroxylation is 2. The summed E-state index contributed by atoms with van der Waals surface area (Å²) in [6, 6.07) is 3.48. The molecule has 0 aliphatic carbocycles. The van der Waals surface area contributed by atoms with E-state index in [9.17, 15) is 9.90 Å². The van der Waals surface area contributed by atoms with Crippen LogP contribution in [0.4, 0.5) is 0 Å². The van der Waals surface area contributed by atoms with E-state index in [1.54, 1.807) is 19.9 Å². The molecule has 1 unspecified atom stereocenters. The van der Waals surface area contributed by atoms with Crippen LogP contribution in [0.15, 0.2) is 12.1 Å². The smallest absolute Gasteiger partial charge is 0.184 e. The number of Topliss-reactive ketones (excluding diaryl/α,β-unsaturated/α-hetero) is 1. The molecule has 0 bridgehead atoms. The number of ketones is 1. The molecule has 0 aromatic heterocycles. The van der Waals surface area contributed by atoms with Crippen molar-refractivity contribution in [1.29, 1.82) is 0 Å². The van der Waals surface area contributed by atoms with Gasteiger partial charge in [0.15, 0.2) is 5.78 Å². The van der Waals surface area contributed by atoms with Crippen LogP contribution in [0.1, 0.15) is 28.4 Å². The fourth-order valence-electron chi connectivity index (χ4n) is 1.36. The van der Waals surface area contributed by atoms with E-state index in [0.29, 0.717) is 11.1 Å². The topological polar surface area (TPSA) is 37.3 Å². The standard InChI is InChI=1S/C11H13ClO2/c1-6-4-7(2)10(13)9(5-6)11(14)8(3)12/h4-5,8,13H,1-3H3. The molecule has 0 aliphatic rings. The van der Waals surface area contributed by atoms with Crippen molar-refractivity contribution < 1.29 is 9.90 Å². The van der Waals surface area contributed by atoms with Crippen molar-refractivity contribution in [1.82, 2.24) is 0 Å². The van der Waals surface area contributed by atoms with E-state index in [-0.39, 0.29) is 11.5 Å². The lowest BCUT2D eigenvalue weighted by molar-refractivity contribution is 0.0989. The van der Waals surface area contributed by atoms with Crippen molar-refractivity contribution in [3.8, 4) is 5.75 Å². The van der Waals surface area contributed by atoms with Crippen LogP contribution in [-0.4, -0.2) is 16.3 Å². The summed E-state index contributed by atoms with van der Waals surface area (Å²) in [5.41, 5.74) is 1.96. The van der Waals surface area contributed by atoms with Gasteiger partial charge in [0.1, 0.15) is 5.75 Å². The first-order chi connectivity index (χ1) is 6.43. The van der Waals surface area contributed by atoms with Crippen molar-refractivity contribution in [3.05, 3.63) is 28.8 Å². The van der Waals surface area contributed by atoms with Gasteiger partial charge in [0, 0.05) is 0 Å². The van der Waals surface area contributed by atoms with Crippen LogP contribution in [0.25, 0.3) is 0 Å². The minimum absolute atomic E-state index is 0.0353. The summed E-state index contributed by atoms with van der Waals surface area (Å²) in [7, 11) is 0. The van der Waals surface area contributed by atoms with E-state index < -0.39 is 5.38 Å².